The van der Waals surface area contributed by atoms with Crippen LogP contribution in [0.4, 0.5) is 0 Å². The maximum absolute atomic E-state index is 10.6. The first-order chi connectivity index (χ1) is 10.6. The molecular weight excluding hydrogens is 502 g/mol. The van der Waals surface area contributed by atoms with Crippen molar-refractivity contribution in [1.82, 2.24) is 9.80 Å². The molecule has 19 heteroatoms. The predicted molar refractivity (Wildman–Crippen MR) is 96.8 cm³/mol. The average Bonchev–Trinajstić information content (AvgIpc) is 2.33. The summed E-state index contributed by atoms with van der Waals surface area (Å²) in [5, 5.41) is 34.5. The van der Waals surface area contributed by atoms with E-state index in [0.29, 0.717) is 12.9 Å². The summed E-state index contributed by atoms with van der Waals surface area (Å²) in [7, 11) is 9.47. The van der Waals surface area contributed by atoms with Gasteiger partial charge in [-0.1, -0.05) is 0 Å². The summed E-state index contributed by atoms with van der Waals surface area (Å²) >= 11 is 0.382. The second-order valence-corrected chi connectivity index (χ2v) is 5.76. The summed E-state index contributed by atoms with van der Waals surface area (Å²) in [4.78, 5) is 44.4. The number of carboxylic acids is 4. The van der Waals surface area contributed by atoms with E-state index in [4.69, 9.17) is 40.7 Å². The van der Waals surface area contributed by atoms with Crippen LogP contribution in [-0.2, 0) is 32.1 Å². The summed E-state index contributed by atoms with van der Waals surface area (Å²) in [6.45, 7) is -2.25. The van der Waals surface area contributed by atoms with Gasteiger partial charge in [0.25, 0.3) is 0 Å². The molecule has 185 valence electrons. The molecule has 0 heterocycles. The van der Waals surface area contributed by atoms with Crippen molar-refractivity contribution in [1.29, 1.82) is 0 Å². The fourth-order valence-corrected chi connectivity index (χ4v) is 1.48. The summed E-state index contributed by atoms with van der Waals surface area (Å²) in [6, 6.07) is 0. The first-order valence-corrected chi connectivity index (χ1v) is 8.64. The molecule has 0 atom stereocenters. The van der Waals surface area contributed by atoms with Gasteiger partial charge in [-0.05, 0) is 0 Å². The molecule has 0 aliphatic heterocycles. The van der Waals surface area contributed by atoms with Crippen LogP contribution in [0.3, 0.4) is 0 Å². The van der Waals surface area contributed by atoms with Gasteiger partial charge in [-0.2, -0.15) is 0 Å². The van der Waals surface area contributed by atoms with Crippen LogP contribution in [0.2, 0.25) is 0 Å². The standard InChI is InChI=1S/C10H16N2O8.2ClH.Co.6H2O/c13-7(14)3-11(4-8(15)16)1-2-12(5-9(17)18)6-10(19)20;;;;;;;;;/h1-6H2,(H,13,14)(H,15,16)(H,17,18)(H,19,20);2*1H;;6*1H2/q;;;+2;;;;;;/p-2. The Hall–Kier alpha value is -1.35. The number of nitrogens with zero attached hydrogens (tertiary/aromatic N) is 2. The maximum atomic E-state index is 10.6. The molecule has 0 saturated heterocycles. The molecule has 0 saturated carbocycles. The molecule has 0 aromatic heterocycles. The van der Waals surface area contributed by atoms with Crippen molar-refractivity contribution in [3.63, 3.8) is 0 Å². The third-order valence-electron chi connectivity index (χ3n) is 2.17. The summed E-state index contributed by atoms with van der Waals surface area (Å²) < 4.78 is 0. The Bertz CT molecular complexity index is 352. The Balaban J connectivity index is -0.0000000766. The molecule has 0 aromatic rings. The number of aliphatic carboxylic acids is 4. The molecule has 0 amide bonds. The van der Waals surface area contributed by atoms with E-state index in [1.54, 1.807) is 0 Å². The van der Waals surface area contributed by atoms with E-state index in [2.05, 4.69) is 0 Å². The summed E-state index contributed by atoms with van der Waals surface area (Å²) in [5.74, 6) is -4.91. The van der Waals surface area contributed by atoms with Crippen molar-refractivity contribution < 1.29 is 85.4 Å². The van der Waals surface area contributed by atoms with Crippen LogP contribution in [-0.4, -0.2) is 126 Å². The number of carbonyl (C=O) groups is 4. The van der Waals surface area contributed by atoms with Gasteiger partial charge in [-0.15, -0.1) is 0 Å². The van der Waals surface area contributed by atoms with Crippen LogP contribution in [0.15, 0.2) is 0 Å². The Morgan fingerprint density at radius 3 is 0.793 bits per heavy atom. The predicted octanol–water partition coefficient (Wildman–Crippen LogP) is -5.64. The third kappa shape index (κ3) is 41.9. The van der Waals surface area contributed by atoms with Crippen LogP contribution < -0.4 is 0 Å². The van der Waals surface area contributed by atoms with Crippen LogP contribution in [0.1, 0.15) is 0 Å². The van der Waals surface area contributed by atoms with Gasteiger partial charge in [0, 0.05) is 13.1 Å². The molecule has 0 aliphatic carbocycles. The fourth-order valence-electron chi connectivity index (χ4n) is 1.48. The number of rotatable bonds is 11. The van der Waals surface area contributed by atoms with Crippen LogP contribution in [0, 0.1) is 0 Å². The van der Waals surface area contributed by atoms with Gasteiger partial charge in [0.05, 0.1) is 26.2 Å². The Morgan fingerprint density at radius 1 is 0.552 bits per heavy atom. The number of carboxylic acid groups (broad SMARTS) is 4. The Morgan fingerprint density at radius 2 is 0.690 bits per heavy atom. The molecule has 0 aliphatic rings. The van der Waals surface area contributed by atoms with Gasteiger partial charge in [0.15, 0.2) is 0 Å². The fraction of sp³-hybridized carbons (Fsp3) is 0.600. The zero-order chi connectivity index (χ0) is 18.4. The quantitative estimate of drug-likeness (QED) is 0.196. The second kappa shape index (κ2) is 31.3. The van der Waals surface area contributed by atoms with E-state index < -0.39 is 50.1 Å². The average molecular weight is 530 g/mol. The van der Waals surface area contributed by atoms with Gasteiger partial charge < -0.3 is 53.3 Å². The van der Waals surface area contributed by atoms with Crippen molar-refractivity contribution in [2.24, 2.45) is 0 Å². The number of hydrogen-bond donors (Lipinski definition) is 4. The number of hydrogen-bond acceptors (Lipinski definition) is 6. The minimum absolute atomic E-state index is 0. The van der Waals surface area contributed by atoms with E-state index in [1.165, 1.54) is 0 Å². The summed E-state index contributed by atoms with van der Waals surface area (Å²) in [6.07, 6.45) is 0. The SMILES string of the molecule is O.O.O.O.O.O.O=C(O)CN(CCN(CC(=O)O)CC(=O)O)CC(=O)O.[Cl][Co][Cl]. The molecule has 0 fully saturated rings. The van der Waals surface area contributed by atoms with Gasteiger partial charge >= 0.3 is 57.1 Å². The first kappa shape index (κ1) is 50.9. The Labute approximate surface area is 178 Å². The van der Waals surface area contributed by atoms with E-state index in [0.717, 1.165) is 9.80 Å². The second-order valence-electron chi connectivity index (χ2n) is 4.04. The zero-order valence-corrected chi connectivity index (χ0v) is 17.2. The molecule has 0 rings (SSSR count). The number of halogens is 2. The monoisotopic (exact) mass is 529 g/mol. The van der Waals surface area contributed by atoms with Gasteiger partial charge in [0.1, 0.15) is 0 Å². The van der Waals surface area contributed by atoms with Crippen LogP contribution in [0.25, 0.3) is 0 Å². The van der Waals surface area contributed by atoms with Crippen molar-refractivity contribution >= 4 is 44.2 Å². The first-order valence-electron chi connectivity index (χ1n) is 5.77. The Kier molecular flexibility index (Phi) is 55.0. The van der Waals surface area contributed by atoms with Gasteiger partial charge in [-0.3, -0.25) is 29.0 Å². The molecule has 0 unspecified atom stereocenters. The molecule has 16 nitrogen and oxygen atoms in total. The minimum atomic E-state index is -1.23. The normalized spacial score (nSPS) is 8.14. The van der Waals surface area contributed by atoms with Crippen molar-refractivity contribution in [3.8, 4) is 0 Å². The molecular formula is C10H28Cl2CoN2O14. The van der Waals surface area contributed by atoms with E-state index in [9.17, 15) is 19.2 Å². The van der Waals surface area contributed by atoms with E-state index in [-0.39, 0.29) is 45.9 Å². The van der Waals surface area contributed by atoms with E-state index >= 15 is 0 Å². The molecule has 0 aromatic carbocycles. The molecule has 0 bridgehead atoms. The van der Waals surface area contributed by atoms with Crippen molar-refractivity contribution in [2.45, 2.75) is 0 Å². The van der Waals surface area contributed by atoms with Crippen molar-refractivity contribution in [3.05, 3.63) is 0 Å². The van der Waals surface area contributed by atoms with Gasteiger partial charge in [-0.25, -0.2) is 0 Å². The molecule has 29 heavy (non-hydrogen) atoms. The van der Waals surface area contributed by atoms with Gasteiger partial charge in [0.2, 0.25) is 0 Å². The van der Waals surface area contributed by atoms with Crippen LogP contribution >= 0.6 is 20.3 Å². The topological polar surface area (TPSA) is 345 Å². The van der Waals surface area contributed by atoms with Crippen molar-refractivity contribution in [2.75, 3.05) is 39.3 Å². The summed E-state index contributed by atoms with van der Waals surface area (Å²) in [5.41, 5.74) is 0. The van der Waals surface area contributed by atoms with Crippen LogP contribution in [0.5, 0.6) is 0 Å². The molecule has 0 radical (unpaired) electrons. The zero-order valence-electron chi connectivity index (χ0n) is 14.6. The molecule has 0 spiro atoms. The third-order valence-corrected chi connectivity index (χ3v) is 2.17. The molecule has 16 N–H and O–H groups in total. The van der Waals surface area contributed by atoms with E-state index in [1.807, 2.05) is 0 Å².